The van der Waals surface area contributed by atoms with Crippen molar-refractivity contribution in [3.05, 3.63) is 56.2 Å². The Balaban J connectivity index is 2.35. The molecule has 0 unspecified atom stereocenters. The first-order valence-electron chi connectivity index (χ1n) is 6.38. The predicted octanol–water partition coefficient (Wildman–Crippen LogP) is 4.84. The number of carbonyl (C=O) groups is 1. The molecule has 0 spiro atoms. The Hall–Kier alpha value is -1.27. The Morgan fingerprint density at radius 3 is 2.43 bits per heavy atom. The number of thiophene rings is 1. The first-order valence-corrected chi connectivity index (χ1v) is 8.05. The Morgan fingerprint density at radius 1 is 1.33 bits per heavy atom. The van der Waals surface area contributed by atoms with Gasteiger partial charge in [-0.15, -0.1) is 11.3 Å². The lowest BCUT2D eigenvalue weighted by molar-refractivity contribution is 0.0682. The topological polar surface area (TPSA) is 20.3 Å². The van der Waals surface area contributed by atoms with E-state index in [1.165, 1.54) is 16.2 Å². The maximum Gasteiger partial charge on any atom is 0.260 e. The molecule has 0 bridgehead atoms. The van der Waals surface area contributed by atoms with Gasteiger partial charge in [0.2, 0.25) is 0 Å². The lowest BCUT2D eigenvalue weighted by Crippen LogP contribution is -2.37. The molecule has 1 aromatic heterocycles. The summed E-state index contributed by atoms with van der Waals surface area (Å²) in [5.41, 5.74) is -0.511. The van der Waals surface area contributed by atoms with Crippen LogP contribution in [-0.2, 0) is 6.54 Å². The van der Waals surface area contributed by atoms with Crippen LogP contribution in [0.25, 0.3) is 0 Å². The predicted molar refractivity (Wildman–Crippen MR) is 83.4 cm³/mol. The van der Waals surface area contributed by atoms with Crippen LogP contribution >= 0.6 is 27.3 Å². The largest absolute Gasteiger partial charge is 0.331 e. The summed E-state index contributed by atoms with van der Waals surface area (Å²) in [6.45, 7) is 3.98. The van der Waals surface area contributed by atoms with Crippen LogP contribution in [0.1, 0.15) is 29.1 Å². The van der Waals surface area contributed by atoms with E-state index < -0.39 is 23.1 Å². The van der Waals surface area contributed by atoms with Crippen LogP contribution in [0.3, 0.4) is 0 Å². The molecule has 0 saturated heterocycles. The van der Waals surface area contributed by atoms with Gasteiger partial charge in [-0.05, 0) is 37.4 Å². The summed E-state index contributed by atoms with van der Waals surface area (Å²) in [4.78, 5) is 14.9. The van der Waals surface area contributed by atoms with Crippen LogP contribution < -0.4 is 0 Å². The number of nitrogens with zero attached hydrogens (tertiary/aromatic N) is 1. The van der Waals surface area contributed by atoms with Crippen molar-refractivity contribution in [2.24, 2.45) is 0 Å². The highest BCUT2D eigenvalue weighted by Gasteiger charge is 2.26. The van der Waals surface area contributed by atoms with Gasteiger partial charge in [-0.1, -0.05) is 22.0 Å². The van der Waals surface area contributed by atoms with Gasteiger partial charge < -0.3 is 4.90 Å². The molecule has 21 heavy (non-hydrogen) atoms. The van der Waals surface area contributed by atoms with Crippen LogP contribution in [0.15, 0.2) is 34.1 Å². The van der Waals surface area contributed by atoms with Crippen molar-refractivity contribution >= 4 is 33.2 Å². The third kappa shape index (κ3) is 3.68. The quantitative estimate of drug-likeness (QED) is 0.750. The average Bonchev–Trinajstić information content (AvgIpc) is 2.86. The molecule has 1 amide bonds. The molecule has 0 radical (unpaired) electrons. The SMILES string of the molecule is CC(C)N(Cc1cccs1)C(=O)c1c(F)cc(Br)cc1F. The number of rotatable bonds is 4. The maximum atomic E-state index is 13.9. The molecule has 2 rings (SSSR count). The zero-order valence-corrected chi connectivity index (χ0v) is 14.0. The lowest BCUT2D eigenvalue weighted by atomic mass is 10.1. The van der Waals surface area contributed by atoms with Gasteiger partial charge in [-0.25, -0.2) is 8.78 Å². The van der Waals surface area contributed by atoms with Crippen LogP contribution in [0.4, 0.5) is 8.78 Å². The van der Waals surface area contributed by atoms with Gasteiger partial charge in [0, 0.05) is 15.4 Å². The second kappa shape index (κ2) is 6.66. The first-order chi connectivity index (χ1) is 9.90. The van der Waals surface area contributed by atoms with Gasteiger partial charge in [0.05, 0.1) is 6.54 Å². The Morgan fingerprint density at radius 2 is 1.95 bits per heavy atom. The van der Waals surface area contributed by atoms with Crippen molar-refractivity contribution in [3.63, 3.8) is 0 Å². The molecule has 0 N–H and O–H groups in total. The zero-order valence-electron chi connectivity index (χ0n) is 11.6. The molecule has 6 heteroatoms. The molecule has 0 aliphatic carbocycles. The molecule has 112 valence electrons. The number of hydrogen-bond acceptors (Lipinski definition) is 2. The summed E-state index contributed by atoms with van der Waals surface area (Å²) < 4.78 is 28.2. The molecule has 2 aromatic rings. The fraction of sp³-hybridized carbons (Fsp3) is 0.267. The van der Waals surface area contributed by atoms with E-state index in [-0.39, 0.29) is 10.5 Å². The Labute approximate surface area is 134 Å². The molecule has 0 saturated carbocycles. The highest BCUT2D eigenvalue weighted by molar-refractivity contribution is 9.10. The van der Waals surface area contributed by atoms with Crippen LogP contribution in [-0.4, -0.2) is 16.8 Å². The lowest BCUT2D eigenvalue weighted by Gasteiger charge is -2.26. The van der Waals surface area contributed by atoms with Gasteiger partial charge in [0.25, 0.3) is 5.91 Å². The second-order valence-electron chi connectivity index (χ2n) is 4.85. The molecular formula is C15H14BrF2NOS. The van der Waals surface area contributed by atoms with E-state index in [4.69, 9.17) is 0 Å². The number of amides is 1. The van der Waals surface area contributed by atoms with Gasteiger partial charge in [-0.2, -0.15) is 0 Å². The number of halogens is 3. The molecule has 0 aliphatic rings. The van der Waals surface area contributed by atoms with E-state index >= 15 is 0 Å². The van der Waals surface area contributed by atoms with Crippen LogP contribution in [0.5, 0.6) is 0 Å². The van der Waals surface area contributed by atoms with Crippen molar-refractivity contribution in [2.45, 2.75) is 26.4 Å². The van der Waals surface area contributed by atoms with Gasteiger partial charge in [0.1, 0.15) is 17.2 Å². The standard InChI is InChI=1S/C15H14BrF2NOS/c1-9(2)19(8-11-4-3-5-21-11)15(20)14-12(17)6-10(16)7-13(14)18/h3-7,9H,8H2,1-2H3. The molecular weight excluding hydrogens is 360 g/mol. The fourth-order valence-corrected chi connectivity index (χ4v) is 3.05. The van der Waals surface area contributed by atoms with E-state index in [9.17, 15) is 13.6 Å². The molecule has 1 aromatic carbocycles. The van der Waals surface area contributed by atoms with E-state index in [2.05, 4.69) is 15.9 Å². The summed E-state index contributed by atoms with van der Waals surface area (Å²) in [5.74, 6) is -2.35. The Kier molecular flexibility index (Phi) is 5.11. The summed E-state index contributed by atoms with van der Waals surface area (Å²) in [6, 6.07) is 5.80. The number of benzene rings is 1. The highest BCUT2D eigenvalue weighted by atomic mass is 79.9. The highest BCUT2D eigenvalue weighted by Crippen LogP contribution is 2.23. The fourth-order valence-electron chi connectivity index (χ4n) is 1.95. The number of carbonyl (C=O) groups excluding carboxylic acids is 1. The van der Waals surface area contributed by atoms with E-state index in [0.29, 0.717) is 6.54 Å². The van der Waals surface area contributed by atoms with Crippen molar-refractivity contribution in [1.82, 2.24) is 4.90 Å². The van der Waals surface area contributed by atoms with Gasteiger partial charge in [0.15, 0.2) is 0 Å². The zero-order chi connectivity index (χ0) is 15.6. The summed E-state index contributed by atoms with van der Waals surface area (Å²) >= 11 is 4.51. The first kappa shape index (κ1) is 16.1. The summed E-state index contributed by atoms with van der Waals surface area (Å²) in [7, 11) is 0. The second-order valence-corrected chi connectivity index (χ2v) is 6.80. The third-order valence-corrected chi connectivity index (χ3v) is 4.33. The van der Waals surface area contributed by atoms with E-state index in [1.807, 2.05) is 31.4 Å². The normalized spacial score (nSPS) is 11.0. The Bertz CT molecular complexity index is 620. The molecule has 0 atom stereocenters. The van der Waals surface area contributed by atoms with Crippen molar-refractivity contribution < 1.29 is 13.6 Å². The van der Waals surface area contributed by atoms with Gasteiger partial charge >= 0.3 is 0 Å². The smallest absolute Gasteiger partial charge is 0.260 e. The van der Waals surface area contributed by atoms with Crippen LogP contribution in [0.2, 0.25) is 0 Å². The van der Waals surface area contributed by atoms with E-state index in [1.54, 1.807) is 0 Å². The summed E-state index contributed by atoms with van der Waals surface area (Å²) in [6.07, 6.45) is 0. The summed E-state index contributed by atoms with van der Waals surface area (Å²) in [5, 5.41) is 1.90. The maximum absolute atomic E-state index is 13.9. The van der Waals surface area contributed by atoms with Crippen LogP contribution in [0, 0.1) is 11.6 Å². The molecule has 0 aliphatic heterocycles. The monoisotopic (exact) mass is 373 g/mol. The molecule has 0 fully saturated rings. The van der Waals surface area contributed by atoms with Crippen molar-refractivity contribution in [3.8, 4) is 0 Å². The van der Waals surface area contributed by atoms with Gasteiger partial charge in [-0.3, -0.25) is 4.79 Å². The minimum Gasteiger partial charge on any atom is -0.331 e. The van der Waals surface area contributed by atoms with Crippen molar-refractivity contribution in [1.29, 1.82) is 0 Å². The minimum absolute atomic E-state index is 0.165. The van der Waals surface area contributed by atoms with Crippen molar-refractivity contribution in [2.75, 3.05) is 0 Å². The third-order valence-electron chi connectivity index (χ3n) is 3.01. The average molecular weight is 374 g/mol. The molecule has 2 nitrogen and oxygen atoms in total. The minimum atomic E-state index is -0.858. The number of hydrogen-bond donors (Lipinski definition) is 0. The van der Waals surface area contributed by atoms with E-state index in [0.717, 1.165) is 17.0 Å². The molecule has 1 heterocycles.